The maximum absolute atomic E-state index is 10.7. The monoisotopic (exact) mass is 272 g/mol. The van der Waals surface area contributed by atoms with Gasteiger partial charge in [-0.05, 0) is 35.7 Å². The molecule has 0 unspecified atom stereocenters. The van der Waals surface area contributed by atoms with Crippen LogP contribution < -0.4 is 4.74 Å². The van der Waals surface area contributed by atoms with Crippen molar-refractivity contribution < 1.29 is 14.6 Å². The number of carboxylic acids is 1. The van der Waals surface area contributed by atoms with Crippen molar-refractivity contribution >= 4 is 21.9 Å². The van der Waals surface area contributed by atoms with Gasteiger partial charge in [-0.3, -0.25) is 4.79 Å². The minimum atomic E-state index is -0.829. The van der Waals surface area contributed by atoms with E-state index in [0.29, 0.717) is 11.1 Å². The molecule has 15 heavy (non-hydrogen) atoms. The minimum absolute atomic E-state index is 0.0268. The summed E-state index contributed by atoms with van der Waals surface area (Å²) in [4.78, 5) is 10.7. The first-order chi connectivity index (χ1) is 7.08. The van der Waals surface area contributed by atoms with Crippen molar-refractivity contribution in [1.29, 1.82) is 0 Å². The lowest BCUT2D eigenvalue weighted by atomic mass is 10.0. The van der Waals surface area contributed by atoms with Crippen LogP contribution in [0.15, 0.2) is 12.1 Å². The van der Waals surface area contributed by atoms with Gasteiger partial charge in [-0.15, -0.1) is 0 Å². The molecule has 0 aliphatic rings. The molecular weight excluding hydrogens is 260 g/mol. The van der Waals surface area contributed by atoms with Gasteiger partial charge in [-0.2, -0.15) is 0 Å². The van der Waals surface area contributed by atoms with Gasteiger partial charge in [0.1, 0.15) is 5.75 Å². The van der Waals surface area contributed by atoms with Crippen molar-refractivity contribution in [1.82, 2.24) is 0 Å². The summed E-state index contributed by atoms with van der Waals surface area (Å²) in [6, 6.07) is 3.68. The number of alkyl halides is 1. The molecule has 1 aromatic rings. The van der Waals surface area contributed by atoms with E-state index in [4.69, 9.17) is 9.84 Å². The Balaban J connectivity index is 3.19. The number of ether oxygens (including phenoxy) is 1. The molecule has 1 aromatic carbocycles. The second-order valence-electron chi connectivity index (χ2n) is 3.29. The Morgan fingerprint density at radius 3 is 2.67 bits per heavy atom. The van der Waals surface area contributed by atoms with E-state index in [1.807, 2.05) is 13.0 Å². The highest BCUT2D eigenvalue weighted by molar-refractivity contribution is 9.08. The van der Waals surface area contributed by atoms with Crippen LogP contribution in [0.25, 0.3) is 0 Å². The second kappa shape index (κ2) is 5.16. The smallest absolute Gasteiger partial charge is 0.307 e. The fraction of sp³-hybridized carbons (Fsp3) is 0.364. The Morgan fingerprint density at radius 2 is 2.20 bits per heavy atom. The average Bonchev–Trinajstić information content (AvgIpc) is 2.16. The number of carbonyl (C=O) groups is 1. The zero-order valence-corrected chi connectivity index (χ0v) is 10.3. The third kappa shape index (κ3) is 2.96. The molecule has 0 radical (unpaired) electrons. The number of hydrogen-bond donors (Lipinski definition) is 1. The average molecular weight is 273 g/mol. The summed E-state index contributed by atoms with van der Waals surface area (Å²) >= 11 is 3.36. The van der Waals surface area contributed by atoms with Gasteiger partial charge in [-0.25, -0.2) is 0 Å². The first-order valence-corrected chi connectivity index (χ1v) is 5.64. The molecule has 0 fully saturated rings. The molecule has 0 saturated heterocycles. The van der Waals surface area contributed by atoms with Gasteiger partial charge in [-0.1, -0.05) is 15.9 Å². The van der Waals surface area contributed by atoms with Crippen LogP contribution in [-0.2, 0) is 16.5 Å². The normalized spacial score (nSPS) is 10.1. The highest BCUT2D eigenvalue weighted by Gasteiger charge is 2.10. The van der Waals surface area contributed by atoms with Crippen molar-refractivity contribution in [3.8, 4) is 5.75 Å². The van der Waals surface area contributed by atoms with Crippen LogP contribution in [0.5, 0.6) is 5.75 Å². The highest BCUT2D eigenvalue weighted by Crippen LogP contribution is 2.24. The molecule has 3 nitrogen and oxygen atoms in total. The molecule has 4 heteroatoms. The summed E-state index contributed by atoms with van der Waals surface area (Å²) < 4.78 is 5.11. The maximum Gasteiger partial charge on any atom is 0.307 e. The van der Waals surface area contributed by atoms with Gasteiger partial charge in [0, 0.05) is 5.33 Å². The van der Waals surface area contributed by atoms with Crippen molar-refractivity contribution in [3.63, 3.8) is 0 Å². The fourth-order valence-electron chi connectivity index (χ4n) is 1.48. The highest BCUT2D eigenvalue weighted by atomic mass is 79.9. The van der Waals surface area contributed by atoms with E-state index < -0.39 is 5.97 Å². The van der Waals surface area contributed by atoms with Crippen LogP contribution in [-0.4, -0.2) is 18.2 Å². The van der Waals surface area contributed by atoms with Crippen molar-refractivity contribution in [3.05, 3.63) is 28.8 Å². The summed E-state index contributed by atoms with van der Waals surface area (Å²) in [7, 11) is 1.58. The number of hydrogen-bond acceptors (Lipinski definition) is 2. The quantitative estimate of drug-likeness (QED) is 0.857. The standard InChI is InChI=1S/C11H13BrO3/c1-7-3-9(15-2)4-8(5-11(13)14)10(7)6-12/h3-4H,5-6H2,1-2H3,(H,13,14). The van der Waals surface area contributed by atoms with Crippen LogP contribution in [0.1, 0.15) is 16.7 Å². The van der Waals surface area contributed by atoms with Crippen molar-refractivity contribution in [2.75, 3.05) is 7.11 Å². The molecule has 0 amide bonds. The van der Waals surface area contributed by atoms with Crippen LogP contribution in [0.3, 0.4) is 0 Å². The summed E-state index contributed by atoms with van der Waals surface area (Å²) in [5.41, 5.74) is 2.87. The zero-order valence-electron chi connectivity index (χ0n) is 8.71. The first-order valence-electron chi connectivity index (χ1n) is 4.52. The molecule has 0 aromatic heterocycles. The van der Waals surface area contributed by atoms with Gasteiger partial charge in [0.15, 0.2) is 0 Å². The number of aryl methyl sites for hydroxylation is 1. The molecule has 0 atom stereocenters. The molecule has 0 spiro atoms. The van der Waals surface area contributed by atoms with E-state index in [-0.39, 0.29) is 6.42 Å². The predicted molar refractivity (Wildman–Crippen MR) is 61.7 cm³/mol. The zero-order chi connectivity index (χ0) is 11.4. The van der Waals surface area contributed by atoms with Gasteiger partial charge < -0.3 is 9.84 Å². The molecule has 1 N–H and O–H groups in total. The number of carboxylic acid groups (broad SMARTS) is 1. The Morgan fingerprint density at radius 1 is 1.53 bits per heavy atom. The van der Waals surface area contributed by atoms with E-state index >= 15 is 0 Å². The van der Waals surface area contributed by atoms with Gasteiger partial charge in [0.25, 0.3) is 0 Å². The summed E-state index contributed by atoms with van der Waals surface area (Å²) in [5.74, 6) is -0.127. The Labute approximate surface area is 97.2 Å². The summed E-state index contributed by atoms with van der Waals surface area (Å²) in [5, 5.41) is 9.44. The predicted octanol–water partition coefficient (Wildman–Crippen LogP) is 2.53. The first kappa shape index (κ1) is 12.0. The van der Waals surface area contributed by atoms with Gasteiger partial charge in [0.2, 0.25) is 0 Å². The van der Waals surface area contributed by atoms with E-state index in [0.717, 1.165) is 16.7 Å². The number of aliphatic carboxylic acids is 1. The van der Waals surface area contributed by atoms with Crippen LogP contribution >= 0.6 is 15.9 Å². The number of methoxy groups -OCH3 is 1. The van der Waals surface area contributed by atoms with E-state index in [1.165, 1.54) is 0 Å². The minimum Gasteiger partial charge on any atom is -0.497 e. The van der Waals surface area contributed by atoms with E-state index in [2.05, 4.69) is 15.9 Å². The summed E-state index contributed by atoms with van der Waals surface area (Å²) in [6.45, 7) is 1.95. The number of benzene rings is 1. The van der Waals surface area contributed by atoms with E-state index in [1.54, 1.807) is 13.2 Å². The van der Waals surface area contributed by atoms with Crippen LogP contribution in [0, 0.1) is 6.92 Å². The lowest BCUT2D eigenvalue weighted by molar-refractivity contribution is -0.136. The SMILES string of the molecule is COc1cc(C)c(CBr)c(CC(=O)O)c1. The molecule has 0 bridgehead atoms. The molecular formula is C11H13BrO3. The molecule has 0 aliphatic carbocycles. The second-order valence-corrected chi connectivity index (χ2v) is 3.85. The van der Waals surface area contributed by atoms with Crippen LogP contribution in [0.2, 0.25) is 0 Å². The topological polar surface area (TPSA) is 46.5 Å². The Kier molecular flexibility index (Phi) is 4.15. The maximum atomic E-state index is 10.7. The third-order valence-electron chi connectivity index (χ3n) is 2.25. The molecule has 1 rings (SSSR count). The Hall–Kier alpha value is -1.03. The van der Waals surface area contributed by atoms with Crippen molar-refractivity contribution in [2.45, 2.75) is 18.7 Å². The fourth-order valence-corrected chi connectivity index (χ4v) is 2.29. The van der Waals surface area contributed by atoms with Crippen LogP contribution in [0.4, 0.5) is 0 Å². The molecule has 82 valence electrons. The molecule has 0 aliphatic heterocycles. The van der Waals surface area contributed by atoms with Gasteiger partial charge in [0.05, 0.1) is 13.5 Å². The molecule has 0 heterocycles. The van der Waals surface area contributed by atoms with Crippen molar-refractivity contribution in [2.24, 2.45) is 0 Å². The number of halogens is 1. The lowest BCUT2D eigenvalue weighted by Gasteiger charge is -2.11. The third-order valence-corrected chi connectivity index (χ3v) is 2.81. The van der Waals surface area contributed by atoms with Gasteiger partial charge >= 0.3 is 5.97 Å². The molecule has 0 saturated carbocycles. The Bertz CT molecular complexity index is 374. The number of rotatable bonds is 4. The lowest BCUT2D eigenvalue weighted by Crippen LogP contribution is -2.04. The summed E-state index contributed by atoms with van der Waals surface area (Å²) in [6.07, 6.45) is 0.0268. The van der Waals surface area contributed by atoms with E-state index in [9.17, 15) is 4.79 Å². The largest absolute Gasteiger partial charge is 0.497 e.